The van der Waals surface area contributed by atoms with Crippen LogP contribution in [-0.2, 0) is 5.41 Å². The van der Waals surface area contributed by atoms with Crippen LogP contribution in [0, 0.1) is 26.7 Å². The number of hydrogen-bond donors (Lipinski definition) is 0. The van der Waals surface area contributed by atoms with Gasteiger partial charge in [-0.05, 0) is 48.4 Å². The highest BCUT2D eigenvalue weighted by atomic mass is 28.3. The summed E-state index contributed by atoms with van der Waals surface area (Å²) in [5, 5.41) is 1.60. The van der Waals surface area contributed by atoms with Crippen LogP contribution < -0.4 is 0 Å². The zero-order valence-electron chi connectivity index (χ0n) is 15.0. The van der Waals surface area contributed by atoms with Gasteiger partial charge in [-0.25, -0.2) is 0 Å². The van der Waals surface area contributed by atoms with Crippen molar-refractivity contribution >= 4 is 8.07 Å². The molecule has 1 atom stereocenters. The molecule has 21 heavy (non-hydrogen) atoms. The van der Waals surface area contributed by atoms with E-state index in [9.17, 15) is 0 Å². The largest absolute Gasteiger partial charge is 0.0775 e. The van der Waals surface area contributed by atoms with Gasteiger partial charge < -0.3 is 0 Å². The summed E-state index contributed by atoms with van der Waals surface area (Å²) in [5.41, 5.74) is 5.97. The molecule has 0 spiro atoms. The lowest BCUT2D eigenvalue weighted by Gasteiger charge is -2.34. The Labute approximate surface area is 132 Å². The van der Waals surface area contributed by atoms with E-state index in [4.69, 9.17) is 0 Å². The first-order chi connectivity index (χ1) is 9.55. The first-order valence-electron chi connectivity index (χ1n) is 8.03. The summed E-state index contributed by atoms with van der Waals surface area (Å²) in [6, 6.07) is 4.53. The molecule has 1 heteroatoms. The lowest BCUT2D eigenvalue weighted by atomic mass is 9.70. The lowest BCUT2D eigenvalue weighted by molar-refractivity contribution is 0.443. The summed E-state index contributed by atoms with van der Waals surface area (Å²) in [4.78, 5) is 0. The maximum Gasteiger partial charge on any atom is 0.0771 e. The standard InChI is InChI=1S/C20H30Si/c1-14-9-10-15(2)19(16(14)3)20(4,5)17-11-12-18(13-17)21(6,7)8/h9-13,17H,1-8H3. The predicted molar refractivity (Wildman–Crippen MR) is 97.7 cm³/mol. The lowest BCUT2D eigenvalue weighted by Crippen LogP contribution is -2.28. The van der Waals surface area contributed by atoms with Crippen molar-refractivity contribution < 1.29 is 0 Å². The Morgan fingerprint density at radius 3 is 2.05 bits per heavy atom. The van der Waals surface area contributed by atoms with E-state index in [0.717, 1.165) is 0 Å². The van der Waals surface area contributed by atoms with E-state index < -0.39 is 8.07 Å². The zero-order chi connectivity index (χ0) is 16.0. The van der Waals surface area contributed by atoms with Crippen molar-refractivity contribution in [2.45, 2.75) is 59.7 Å². The van der Waals surface area contributed by atoms with Gasteiger partial charge in [0.1, 0.15) is 0 Å². The molecule has 1 unspecified atom stereocenters. The summed E-state index contributed by atoms with van der Waals surface area (Å²) >= 11 is 0. The maximum atomic E-state index is 2.54. The molecular weight excluding hydrogens is 268 g/mol. The Kier molecular flexibility index (Phi) is 4.09. The average molecular weight is 299 g/mol. The Hall–Kier alpha value is -1.08. The van der Waals surface area contributed by atoms with Gasteiger partial charge in [-0.1, -0.05) is 69.0 Å². The summed E-state index contributed by atoms with van der Waals surface area (Å²) in [6.45, 7) is 18.9. The fourth-order valence-electron chi connectivity index (χ4n) is 3.57. The molecule has 0 amide bonds. The second-order valence-electron chi connectivity index (χ2n) is 8.18. The first-order valence-corrected chi connectivity index (χ1v) is 11.5. The third kappa shape index (κ3) is 2.94. The second kappa shape index (κ2) is 5.28. The molecular formula is C20H30Si. The van der Waals surface area contributed by atoms with Crippen molar-refractivity contribution in [1.82, 2.24) is 0 Å². The van der Waals surface area contributed by atoms with Gasteiger partial charge in [0.05, 0.1) is 8.07 Å². The highest BCUT2D eigenvalue weighted by Gasteiger charge is 2.34. The Morgan fingerprint density at radius 1 is 0.952 bits per heavy atom. The van der Waals surface area contributed by atoms with E-state index in [1.165, 1.54) is 22.3 Å². The van der Waals surface area contributed by atoms with Crippen LogP contribution in [-0.4, -0.2) is 8.07 Å². The molecule has 0 heterocycles. The van der Waals surface area contributed by atoms with E-state index in [2.05, 4.69) is 84.6 Å². The highest BCUT2D eigenvalue weighted by Crippen LogP contribution is 2.41. The number of aryl methyl sites for hydroxylation is 2. The van der Waals surface area contributed by atoms with Gasteiger partial charge in [-0.2, -0.15) is 0 Å². The molecule has 0 bridgehead atoms. The van der Waals surface area contributed by atoms with Crippen LogP contribution in [0.5, 0.6) is 0 Å². The SMILES string of the molecule is Cc1ccc(C)c(C(C)(C)C2C=CC([Si](C)(C)C)=C2)c1C. The molecule has 1 aromatic rings. The number of hydrogen-bond acceptors (Lipinski definition) is 0. The van der Waals surface area contributed by atoms with Crippen LogP contribution in [0.4, 0.5) is 0 Å². The fraction of sp³-hybridized carbons (Fsp3) is 0.500. The van der Waals surface area contributed by atoms with E-state index >= 15 is 0 Å². The molecule has 0 saturated carbocycles. The fourth-order valence-corrected chi connectivity index (χ4v) is 4.85. The number of benzene rings is 1. The minimum absolute atomic E-state index is 0.151. The highest BCUT2D eigenvalue weighted by molar-refractivity contribution is 6.83. The maximum absolute atomic E-state index is 2.54. The van der Waals surface area contributed by atoms with Crippen molar-refractivity contribution in [2.24, 2.45) is 5.92 Å². The monoisotopic (exact) mass is 298 g/mol. The predicted octanol–water partition coefficient (Wildman–Crippen LogP) is 5.88. The Bertz CT molecular complexity index is 609. The van der Waals surface area contributed by atoms with Crippen molar-refractivity contribution in [3.63, 3.8) is 0 Å². The molecule has 1 aliphatic carbocycles. The van der Waals surface area contributed by atoms with Crippen LogP contribution in [0.3, 0.4) is 0 Å². The van der Waals surface area contributed by atoms with Crippen LogP contribution in [0.25, 0.3) is 0 Å². The third-order valence-corrected chi connectivity index (χ3v) is 7.20. The van der Waals surface area contributed by atoms with E-state index in [0.29, 0.717) is 5.92 Å². The van der Waals surface area contributed by atoms with Gasteiger partial charge in [0.25, 0.3) is 0 Å². The quantitative estimate of drug-likeness (QED) is 0.611. The molecule has 0 aliphatic heterocycles. The second-order valence-corrected chi connectivity index (χ2v) is 13.3. The summed E-state index contributed by atoms with van der Waals surface area (Å²) < 4.78 is 0. The van der Waals surface area contributed by atoms with Gasteiger partial charge >= 0.3 is 0 Å². The van der Waals surface area contributed by atoms with Gasteiger partial charge in [0.15, 0.2) is 0 Å². The molecule has 114 valence electrons. The minimum atomic E-state index is -1.21. The van der Waals surface area contributed by atoms with Crippen LogP contribution in [0.2, 0.25) is 19.6 Å². The first kappa shape index (κ1) is 16.3. The summed E-state index contributed by atoms with van der Waals surface area (Å²) in [6.07, 6.45) is 7.35. The molecule has 2 rings (SSSR count). The summed E-state index contributed by atoms with van der Waals surface area (Å²) in [7, 11) is -1.21. The van der Waals surface area contributed by atoms with Crippen molar-refractivity contribution in [2.75, 3.05) is 0 Å². The van der Waals surface area contributed by atoms with Crippen LogP contribution >= 0.6 is 0 Å². The molecule has 0 aromatic heterocycles. The molecule has 1 aliphatic rings. The van der Waals surface area contributed by atoms with Gasteiger partial charge in [-0.3, -0.25) is 0 Å². The van der Waals surface area contributed by atoms with E-state index in [1.54, 1.807) is 5.20 Å². The topological polar surface area (TPSA) is 0 Å². The van der Waals surface area contributed by atoms with Gasteiger partial charge in [-0.15, -0.1) is 0 Å². The number of rotatable bonds is 3. The van der Waals surface area contributed by atoms with Crippen LogP contribution in [0.15, 0.2) is 35.6 Å². The molecule has 0 N–H and O–H groups in total. The normalized spacial score (nSPS) is 19.0. The van der Waals surface area contributed by atoms with Gasteiger partial charge in [0.2, 0.25) is 0 Å². The van der Waals surface area contributed by atoms with Crippen molar-refractivity contribution in [1.29, 1.82) is 0 Å². The van der Waals surface area contributed by atoms with Crippen molar-refractivity contribution in [3.8, 4) is 0 Å². The van der Waals surface area contributed by atoms with Crippen molar-refractivity contribution in [3.05, 3.63) is 57.8 Å². The average Bonchev–Trinajstić information content (AvgIpc) is 2.84. The Morgan fingerprint density at radius 2 is 1.52 bits per heavy atom. The van der Waals surface area contributed by atoms with Crippen LogP contribution in [0.1, 0.15) is 36.1 Å². The number of allylic oxidation sites excluding steroid dienone is 4. The minimum Gasteiger partial charge on any atom is -0.0775 e. The molecule has 0 fully saturated rings. The third-order valence-electron chi connectivity index (χ3n) is 5.13. The molecule has 0 radical (unpaired) electrons. The van der Waals surface area contributed by atoms with Gasteiger partial charge in [0, 0.05) is 5.92 Å². The molecule has 0 nitrogen and oxygen atoms in total. The zero-order valence-corrected chi connectivity index (χ0v) is 16.0. The summed E-state index contributed by atoms with van der Waals surface area (Å²) in [5.74, 6) is 0.512. The molecule has 1 aromatic carbocycles. The van der Waals surface area contributed by atoms with E-state index in [1.807, 2.05) is 0 Å². The Balaban J connectivity index is 2.48. The smallest absolute Gasteiger partial charge is 0.0771 e. The molecule has 0 saturated heterocycles. The van der Waals surface area contributed by atoms with E-state index in [-0.39, 0.29) is 5.41 Å².